The molecule has 0 saturated heterocycles. The number of ether oxygens (including phenoxy) is 1. The van der Waals surface area contributed by atoms with Gasteiger partial charge in [-0.05, 0) is 34.1 Å². The van der Waals surface area contributed by atoms with E-state index in [1.54, 1.807) is 24.3 Å². The van der Waals surface area contributed by atoms with Gasteiger partial charge in [-0.3, -0.25) is 0 Å². The van der Waals surface area contributed by atoms with Gasteiger partial charge in [0, 0.05) is 17.0 Å². The largest absolute Gasteiger partial charge is 0.438 e. The van der Waals surface area contributed by atoms with Crippen LogP contribution >= 0.6 is 27.5 Å². The summed E-state index contributed by atoms with van der Waals surface area (Å²) in [5, 5.41) is 0.624. The second-order valence-corrected chi connectivity index (χ2v) is 5.72. The number of nitrogens with zero attached hydrogens (tertiary/aromatic N) is 2. The van der Waals surface area contributed by atoms with Crippen molar-refractivity contribution in [2.45, 2.75) is 19.8 Å². The maximum absolute atomic E-state index is 5.90. The van der Waals surface area contributed by atoms with Crippen molar-refractivity contribution in [3.8, 4) is 11.6 Å². The van der Waals surface area contributed by atoms with E-state index in [0.717, 1.165) is 4.47 Å². The lowest BCUT2D eigenvalue weighted by Crippen LogP contribution is -2.11. The van der Waals surface area contributed by atoms with Crippen molar-refractivity contribution < 1.29 is 4.74 Å². The molecule has 0 radical (unpaired) electrons. The molecular formula is C13H14BrClN4O. The SMILES string of the molecule is CC(C)c1nc(NN)cc(Oc2ccc(Cl)cc2Br)n1. The fourth-order valence-corrected chi connectivity index (χ4v) is 2.26. The third kappa shape index (κ3) is 3.59. The molecule has 2 aromatic rings. The molecule has 0 aliphatic heterocycles. The Bertz CT molecular complexity index is 621. The minimum absolute atomic E-state index is 0.166. The van der Waals surface area contributed by atoms with Crippen LogP contribution in [-0.4, -0.2) is 9.97 Å². The number of hydrogen-bond donors (Lipinski definition) is 2. The zero-order chi connectivity index (χ0) is 14.7. The van der Waals surface area contributed by atoms with Crippen LogP contribution in [0.25, 0.3) is 0 Å². The van der Waals surface area contributed by atoms with E-state index in [-0.39, 0.29) is 5.92 Å². The molecule has 0 spiro atoms. The highest BCUT2D eigenvalue weighted by Gasteiger charge is 2.10. The highest BCUT2D eigenvalue weighted by molar-refractivity contribution is 9.10. The summed E-state index contributed by atoms with van der Waals surface area (Å²) in [6.07, 6.45) is 0. The van der Waals surface area contributed by atoms with Gasteiger partial charge >= 0.3 is 0 Å². The van der Waals surface area contributed by atoms with Crippen molar-refractivity contribution in [1.82, 2.24) is 9.97 Å². The van der Waals surface area contributed by atoms with E-state index in [9.17, 15) is 0 Å². The van der Waals surface area contributed by atoms with Gasteiger partial charge in [-0.2, -0.15) is 4.98 Å². The van der Waals surface area contributed by atoms with Gasteiger partial charge in [0.15, 0.2) is 0 Å². The van der Waals surface area contributed by atoms with Crippen LogP contribution in [0.1, 0.15) is 25.6 Å². The highest BCUT2D eigenvalue weighted by Crippen LogP contribution is 2.32. The fourth-order valence-electron chi connectivity index (χ4n) is 1.50. The van der Waals surface area contributed by atoms with Crippen molar-refractivity contribution in [2.24, 2.45) is 5.84 Å². The van der Waals surface area contributed by atoms with E-state index < -0.39 is 0 Å². The van der Waals surface area contributed by atoms with Crippen LogP contribution in [0.15, 0.2) is 28.7 Å². The van der Waals surface area contributed by atoms with Gasteiger partial charge in [-0.1, -0.05) is 25.4 Å². The van der Waals surface area contributed by atoms with Crippen molar-refractivity contribution in [1.29, 1.82) is 0 Å². The number of hydrazine groups is 1. The Labute approximate surface area is 130 Å². The molecule has 106 valence electrons. The molecule has 0 fully saturated rings. The van der Waals surface area contributed by atoms with Crippen LogP contribution in [-0.2, 0) is 0 Å². The molecule has 3 N–H and O–H groups in total. The molecule has 0 aliphatic rings. The molecule has 1 aromatic heterocycles. The number of halogens is 2. The summed E-state index contributed by atoms with van der Waals surface area (Å²) in [5.74, 6) is 7.76. The van der Waals surface area contributed by atoms with Crippen LogP contribution in [0.2, 0.25) is 5.02 Å². The average molecular weight is 358 g/mol. The topological polar surface area (TPSA) is 73.1 Å². The molecule has 0 aliphatic carbocycles. The van der Waals surface area contributed by atoms with Gasteiger partial charge in [0.2, 0.25) is 5.88 Å². The van der Waals surface area contributed by atoms with Crippen molar-refractivity contribution >= 4 is 33.3 Å². The first-order valence-corrected chi connectivity index (χ1v) is 7.15. The number of anilines is 1. The number of benzene rings is 1. The third-order valence-corrected chi connectivity index (χ3v) is 3.35. The molecule has 0 saturated carbocycles. The zero-order valence-corrected chi connectivity index (χ0v) is 13.4. The van der Waals surface area contributed by atoms with Crippen molar-refractivity contribution in [3.63, 3.8) is 0 Å². The smallest absolute Gasteiger partial charge is 0.224 e. The van der Waals surface area contributed by atoms with Crippen molar-refractivity contribution in [2.75, 3.05) is 5.43 Å². The first kappa shape index (κ1) is 15.0. The summed E-state index contributed by atoms with van der Waals surface area (Å²) in [7, 11) is 0. The summed E-state index contributed by atoms with van der Waals surface area (Å²) in [6, 6.07) is 6.89. The molecule has 20 heavy (non-hydrogen) atoms. The molecule has 1 heterocycles. The second-order valence-electron chi connectivity index (χ2n) is 4.43. The first-order chi connectivity index (χ1) is 9.49. The second kappa shape index (κ2) is 6.39. The van der Waals surface area contributed by atoms with Gasteiger partial charge < -0.3 is 10.2 Å². The molecule has 2 rings (SSSR count). The Hall–Kier alpha value is -1.37. The minimum atomic E-state index is 0.166. The summed E-state index contributed by atoms with van der Waals surface area (Å²) in [6.45, 7) is 4.00. The molecular weight excluding hydrogens is 344 g/mol. The van der Waals surface area contributed by atoms with Gasteiger partial charge in [0.1, 0.15) is 17.4 Å². The Balaban J connectivity index is 2.34. The highest BCUT2D eigenvalue weighted by atomic mass is 79.9. The summed E-state index contributed by atoms with van der Waals surface area (Å²) in [4.78, 5) is 8.63. The van der Waals surface area contributed by atoms with E-state index in [0.29, 0.717) is 28.3 Å². The lowest BCUT2D eigenvalue weighted by Gasteiger charge is -2.11. The number of nitrogens with two attached hydrogens (primary N) is 1. The molecule has 0 atom stereocenters. The zero-order valence-electron chi connectivity index (χ0n) is 11.0. The van der Waals surface area contributed by atoms with E-state index in [4.69, 9.17) is 22.2 Å². The number of nitrogen functional groups attached to an aromatic ring is 1. The Morgan fingerprint density at radius 2 is 2.05 bits per heavy atom. The molecule has 1 aromatic carbocycles. The van der Waals surface area contributed by atoms with Gasteiger partial charge in [0.25, 0.3) is 0 Å². The molecule has 0 bridgehead atoms. The number of hydrogen-bond acceptors (Lipinski definition) is 5. The quantitative estimate of drug-likeness (QED) is 0.637. The van der Waals surface area contributed by atoms with Crippen LogP contribution in [0.5, 0.6) is 11.6 Å². The number of aromatic nitrogens is 2. The maximum Gasteiger partial charge on any atom is 0.224 e. The lowest BCUT2D eigenvalue weighted by molar-refractivity contribution is 0.454. The summed E-state index contributed by atoms with van der Waals surface area (Å²) >= 11 is 9.29. The van der Waals surface area contributed by atoms with Crippen LogP contribution in [0, 0.1) is 0 Å². The standard InChI is InChI=1S/C13H14BrClN4O/c1-7(2)13-17-11(19-16)6-12(18-13)20-10-4-3-8(15)5-9(10)14/h3-7H,16H2,1-2H3,(H,17,18,19). The Morgan fingerprint density at radius 1 is 1.30 bits per heavy atom. The first-order valence-electron chi connectivity index (χ1n) is 5.98. The lowest BCUT2D eigenvalue weighted by atomic mass is 10.2. The third-order valence-electron chi connectivity index (χ3n) is 2.49. The van der Waals surface area contributed by atoms with Crippen molar-refractivity contribution in [3.05, 3.63) is 39.6 Å². The average Bonchev–Trinajstić information content (AvgIpc) is 2.41. The Morgan fingerprint density at radius 3 is 2.65 bits per heavy atom. The van der Waals surface area contributed by atoms with Crippen LogP contribution in [0.4, 0.5) is 5.82 Å². The minimum Gasteiger partial charge on any atom is -0.438 e. The van der Waals surface area contributed by atoms with Gasteiger partial charge in [-0.25, -0.2) is 10.8 Å². The monoisotopic (exact) mass is 356 g/mol. The molecule has 5 nitrogen and oxygen atoms in total. The van der Waals surface area contributed by atoms with Gasteiger partial charge in [-0.15, -0.1) is 0 Å². The number of rotatable bonds is 4. The van der Waals surface area contributed by atoms with Gasteiger partial charge in [0.05, 0.1) is 4.47 Å². The maximum atomic E-state index is 5.90. The summed E-state index contributed by atoms with van der Waals surface area (Å²) < 4.78 is 6.49. The van der Waals surface area contributed by atoms with E-state index in [1.807, 2.05) is 13.8 Å². The van der Waals surface area contributed by atoms with Crippen LogP contribution < -0.4 is 16.0 Å². The van der Waals surface area contributed by atoms with E-state index in [1.165, 1.54) is 0 Å². The van der Waals surface area contributed by atoms with Crippen LogP contribution in [0.3, 0.4) is 0 Å². The van der Waals surface area contributed by atoms with E-state index in [2.05, 4.69) is 31.3 Å². The van der Waals surface area contributed by atoms with E-state index >= 15 is 0 Å². The number of nitrogens with one attached hydrogen (secondary N) is 1. The fraction of sp³-hybridized carbons (Fsp3) is 0.231. The molecule has 0 unspecified atom stereocenters. The predicted octanol–water partition coefficient (Wildman–Crippen LogP) is 4.09. The summed E-state index contributed by atoms with van der Waals surface area (Å²) in [5.41, 5.74) is 2.51. The normalized spacial score (nSPS) is 10.7. The Kier molecular flexibility index (Phi) is 4.80. The predicted molar refractivity (Wildman–Crippen MR) is 83.2 cm³/mol. The molecule has 7 heteroatoms. The molecule has 0 amide bonds.